The van der Waals surface area contributed by atoms with Gasteiger partial charge >= 0.3 is 0 Å². The summed E-state index contributed by atoms with van der Waals surface area (Å²) in [6.45, 7) is 2.83. The van der Waals surface area contributed by atoms with E-state index >= 15 is 0 Å². The van der Waals surface area contributed by atoms with Crippen molar-refractivity contribution in [2.24, 2.45) is 5.41 Å². The molecule has 0 unspecified atom stereocenters. The summed E-state index contributed by atoms with van der Waals surface area (Å²) in [5.74, 6) is 0.0609. The third-order valence-electron chi connectivity index (χ3n) is 5.46. The second-order valence-electron chi connectivity index (χ2n) is 7.33. The number of methoxy groups -OCH3 is 1. The molecule has 3 rings (SSSR count). The van der Waals surface area contributed by atoms with Crippen molar-refractivity contribution in [3.8, 4) is 0 Å². The van der Waals surface area contributed by atoms with Crippen molar-refractivity contribution < 1.29 is 14.3 Å². The molecular weight excluding hydrogens is 316 g/mol. The number of nitrogens with one attached hydrogen (secondary N) is 2. The highest BCUT2D eigenvalue weighted by molar-refractivity contribution is 5.95. The molecule has 1 saturated carbocycles. The number of rotatable bonds is 7. The number of amides is 1. The van der Waals surface area contributed by atoms with Crippen LogP contribution in [0.25, 0.3) is 0 Å². The number of piperidine rings is 1. The van der Waals surface area contributed by atoms with Gasteiger partial charge in [0.1, 0.15) is 0 Å². The van der Waals surface area contributed by atoms with Crippen LogP contribution in [0.2, 0.25) is 0 Å². The maximum Gasteiger partial charge on any atom is 0.233 e. The lowest BCUT2D eigenvalue weighted by Crippen LogP contribution is -2.47. The van der Waals surface area contributed by atoms with E-state index in [-0.39, 0.29) is 5.91 Å². The molecule has 0 spiro atoms. The molecule has 138 valence electrons. The van der Waals surface area contributed by atoms with Crippen molar-refractivity contribution in [1.82, 2.24) is 5.32 Å². The topological polar surface area (TPSA) is 59.6 Å². The van der Waals surface area contributed by atoms with Gasteiger partial charge in [-0.1, -0.05) is 25.0 Å². The van der Waals surface area contributed by atoms with Crippen LogP contribution in [-0.4, -0.2) is 38.8 Å². The summed E-state index contributed by atoms with van der Waals surface area (Å²) in [6, 6.07) is 8.01. The molecule has 1 aromatic rings. The highest BCUT2D eigenvalue weighted by Crippen LogP contribution is 2.31. The van der Waals surface area contributed by atoms with Crippen LogP contribution < -0.4 is 10.6 Å². The third kappa shape index (κ3) is 4.81. The van der Waals surface area contributed by atoms with Crippen molar-refractivity contribution >= 4 is 11.6 Å². The number of hydrogen-bond donors (Lipinski definition) is 2. The first kappa shape index (κ1) is 18.4. The van der Waals surface area contributed by atoms with Gasteiger partial charge in [-0.05, 0) is 56.5 Å². The Labute approximate surface area is 150 Å². The van der Waals surface area contributed by atoms with Gasteiger partial charge in [0.2, 0.25) is 5.91 Å². The van der Waals surface area contributed by atoms with Gasteiger partial charge in [-0.25, -0.2) is 0 Å². The molecule has 1 aromatic carbocycles. The van der Waals surface area contributed by atoms with E-state index in [4.69, 9.17) is 9.47 Å². The van der Waals surface area contributed by atoms with Gasteiger partial charge in [-0.15, -0.1) is 0 Å². The fraction of sp³-hybridized carbons (Fsp3) is 0.650. The van der Waals surface area contributed by atoms with E-state index in [9.17, 15) is 4.79 Å². The summed E-state index contributed by atoms with van der Waals surface area (Å²) < 4.78 is 11.3. The lowest BCUT2D eigenvalue weighted by Gasteiger charge is -2.35. The third-order valence-corrected chi connectivity index (χ3v) is 5.46. The van der Waals surface area contributed by atoms with Gasteiger partial charge in [0, 0.05) is 12.8 Å². The molecule has 2 N–H and O–H groups in total. The molecule has 1 aliphatic heterocycles. The maximum atomic E-state index is 12.8. The summed E-state index contributed by atoms with van der Waals surface area (Å²) in [6.07, 6.45) is 6.98. The molecule has 1 saturated heterocycles. The Morgan fingerprint density at radius 1 is 1.20 bits per heavy atom. The van der Waals surface area contributed by atoms with E-state index < -0.39 is 5.41 Å². The van der Waals surface area contributed by atoms with E-state index in [0.29, 0.717) is 19.3 Å². The molecule has 2 fully saturated rings. The largest absolute Gasteiger partial charge is 0.384 e. The fourth-order valence-corrected chi connectivity index (χ4v) is 3.84. The Morgan fingerprint density at radius 2 is 1.88 bits per heavy atom. The highest BCUT2D eigenvalue weighted by Gasteiger charge is 2.39. The Balaban J connectivity index is 1.55. The number of hydrogen-bond acceptors (Lipinski definition) is 4. The van der Waals surface area contributed by atoms with Crippen molar-refractivity contribution in [1.29, 1.82) is 0 Å². The molecule has 1 aliphatic carbocycles. The summed E-state index contributed by atoms with van der Waals surface area (Å²) >= 11 is 0. The van der Waals surface area contributed by atoms with Crippen LogP contribution in [0.4, 0.5) is 5.69 Å². The Kier molecular flexibility index (Phi) is 6.45. The standard InChI is InChI=1S/C20H30N2O3/c1-24-15-20(10-12-21-13-11-20)19(23)22-17-8-6-16(7-9-17)14-25-18-4-2-3-5-18/h6-9,18,21H,2-5,10-15H2,1H3,(H,22,23). The second-order valence-corrected chi connectivity index (χ2v) is 7.33. The number of benzene rings is 1. The van der Waals surface area contributed by atoms with E-state index in [1.54, 1.807) is 7.11 Å². The van der Waals surface area contributed by atoms with E-state index in [1.807, 2.05) is 24.3 Å². The van der Waals surface area contributed by atoms with Crippen molar-refractivity contribution in [2.75, 3.05) is 32.1 Å². The summed E-state index contributed by atoms with van der Waals surface area (Å²) in [5, 5.41) is 6.39. The quantitative estimate of drug-likeness (QED) is 0.796. The zero-order chi connectivity index (χ0) is 17.5. The molecule has 0 radical (unpaired) electrons. The lowest BCUT2D eigenvalue weighted by molar-refractivity contribution is -0.130. The van der Waals surface area contributed by atoms with E-state index in [2.05, 4.69) is 10.6 Å². The van der Waals surface area contributed by atoms with Crippen LogP contribution in [0.15, 0.2) is 24.3 Å². The SMILES string of the molecule is COCC1(C(=O)Nc2ccc(COC3CCCC3)cc2)CCNCC1. The molecule has 25 heavy (non-hydrogen) atoms. The normalized spacial score (nSPS) is 20.5. The second kappa shape index (κ2) is 8.79. The summed E-state index contributed by atoms with van der Waals surface area (Å²) in [4.78, 5) is 12.8. The van der Waals surface area contributed by atoms with Crippen molar-refractivity contribution in [3.05, 3.63) is 29.8 Å². The molecular formula is C20H30N2O3. The summed E-state index contributed by atoms with van der Waals surface area (Å²) in [5.41, 5.74) is 1.56. The number of carbonyl (C=O) groups is 1. The number of anilines is 1. The van der Waals surface area contributed by atoms with Gasteiger partial charge in [-0.2, -0.15) is 0 Å². The van der Waals surface area contributed by atoms with Crippen LogP contribution in [-0.2, 0) is 20.9 Å². The monoisotopic (exact) mass is 346 g/mol. The smallest absolute Gasteiger partial charge is 0.233 e. The number of carbonyl (C=O) groups excluding carboxylic acids is 1. The molecule has 0 atom stereocenters. The predicted octanol–water partition coefficient (Wildman–Crippen LogP) is 3.10. The first-order valence-corrected chi connectivity index (χ1v) is 9.43. The van der Waals surface area contributed by atoms with Gasteiger partial charge in [0.25, 0.3) is 0 Å². The average molecular weight is 346 g/mol. The Bertz CT molecular complexity index is 541. The highest BCUT2D eigenvalue weighted by atomic mass is 16.5. The number of ether oxygens (including phenoxy) is 2. The maximum absolute atomic E-state index is 12.8. The molecule has 5 nitrogen and oxygen atoms in total. The minimum Gasteiger partial charge on any atom is -0.384 e. The first-order chi connectivity index (χ1) is 12.2. The first-order valence-electron chi connectivity index (χ1n) is 9.43. The summed E-state index contributed by atoms with van der Waals surface area (Å²) in [7, 11) is 1.66. The Hall–Kier alpha value is -1.43. The van der Waals surface area contributed by atoms with Crippen molar-refractivity contribution in [2.45, 2.75) is 51.2 Å². The van der Waals surface area contributed by atoms with Crippen LogP contribution in [0, 0.1) is 5.41 Å². The minimum absolute atomic E-state index is 0.0609. The van der Waals surface area contributed by atoms with Gasteiger partial charge < -0.3 is 20.1 Å². The van der Waals surface area contributed by atoms with E-state index in [0.717, 1.165) is 37.2 Å². The fourth-order valence-electron chi connectivity index (χ4n) is 3.84. The predicted molar refractivity (Wildman–Crippen MR) is 98.5 cm³/mol. The molecule has 0 aromatic heterocycles. The van der Waals surface area contributed by atoms with Crippen molar-refractivity contribution in [3.63, 3.8) is 0 Å². The average Bonchev–Trinajstić information content (AvgIpc) is 3.16. The van der Waals surface area contributed by atoms with Crippen LogP contribution in [0.5, 0.6) is 0 Å². The van der Waals surface area contributed by atoms with Gasteiger partial charge in [-0.3, -0.25) is 4.79 Å². The van der Waals surface area contributed by atoms with E-state index in [1.165, 1.54) is 25.7 Å². The molecule has 2 aliphatic rings. The molecule has 0 bridgehead atoms. The lowest BCUT2D eigenvalue weighted by atomic mass is 9.78. The zero-order valence-corrected chi connectivity index (χ0v) is 15.2. The molecule has 1 amide bonds. The van der Waals surface area contributed by atoms with Gasteiger partial charge in [0.15, 0.2) is 0 Å². The zero-order valence-electron chi connectivity index (χ0n) is 15.2. The molecule has 5 heteroatoms. The van der Waals surface area contributed by atoms with Crippen LogP contribution in [0.1, 0.15) is 44.1 Å². The minimum atomic E-state index is -0.426. The molecule has 1 heterocycles. The van der Waals surface area contributed by atoms with Gasteiger partial charge in [0.05, 0.1) is 24.7 Å². The Morgan fingerprint density at radius 3 is 2.52 bits per heavy atom. The van der Waals surface area contributed by atoms with Crippen LogP contribution >= 0.6 is 0 Å². The van der Waals surface area contributed by atoms with Crippen LogP contribution in [0.3, 0.4) is 0 Å².